The van der Waals surface area contributed by atoms with E-state index in [4.69, 9.17) is 5.73 Å². The Morgan fingerprint density at radius 2 is 1.97 bits per heavy atom. The summed E-state index contributed by atoms with van der Waals surface area (Å²) in [5.41, 5.74) is 9.46. The minimum absolute atomic E-state index is 0.00271. The van der Waals surface area contributed by atoms with Gasteiger partial charge in [0.1, 0.15) is 6.29 Å². The van der Waals surface area contributed by atoms with Crippen LogP contribution in [-0.2, 0) is 4.79 Å². The summed E-state index contributed by atoms with van der Waals surface area (Å²) in [6, 6.07) is 10.3. The number of fused-ring (bicyclic) bond motifs is 4. The van der Waals surface area contributed by atoms with Crippen LogP contribution in [0.4, 0.5) is 5.69 Å². The molecule has 3 heteroatoms. The van der Waals surface area contributed by atoms with E-state index in [1.54, 1.807) is 0 Å². The summed E-state index contributed by atoms with van der Waals surface area (Å²) in [6.07, 6.45) is 14.9. The quantitative estimate of drug-likeness (QED) is 0.401. The van der Waals surface area contributed by atoms with Crippen molar-refractivity contribution in [2.24, 2.45) is 64.4 Å². The largest absolute Gasteiger partial charge is 0.385 e. The van der Waals surface area contributed by atoms with Crippen LogP contribution in [0.1, 0.15) is 51.9 Å². The van der Waals surface area contributed by atoms with Crippen molar-refractivity contribution in [2.45, 2.75) is 57.9 Å². The van der Waals surface area contributed by atoms with Crippen LogP contribution in [-0.4, -0.2) is 18.9 Å². The molecule has 3 nitrogen and oxygen atoms in total. The van der Waals surface area contributed by atoms with E-state index < -0.39 is 0 Å². The van der Waals surface area contributed by atoms with Crippen molar-refractivity contribution < 1.29 is 4.79 Å². The minimum Gasteiger partial charge on any atom is -0.385 e. The Bertz CT molecular complexity index is 955. The SMILES string of the molecule is C=C1CC[C@H]2[C@H]([C@H]3C[C@H](C)C[C@H]13)[C@]2([C@H](N)C=O)[C@H]1C=C[C@@H]2C[C@@H](CNc3ccccc3)C[C@@H]2C1. The van der Waals surface area contributed by atoms with Gasteiger partial charge in [0.2, 0.25) is 0 Å². The average Bonchev–Trinajstić information content (AvgIpc) is 3.15. The van der Waals surface area contributed by atoms with Crippen molar-refractivity contribution in [3.05, 3.63) is 54.6 Å². The summed E-state index contributed by atoms with van der Waals surface area (Å²) >= 11 is 0. The Hall–Kier alpha value is -1.87. The van der Waals surface area contributed by atoms with E-state index in [9.17, 15) is 4.79 Å². The normalized spacial score (nSPS) is 45.6. The lowest BCUT2D eigenvalue weighted by atomic mass is 9.67. The Balaban J connectivity index is 1.19. The summed E-state index contributed by atoms with van der Waals surface area (Å²) in [4.78, 5) is 12.2. The lowest BCUT2D eigenvalue weighted by Gasteiger charge is -2.38. The van der Waals surface area contributed by atoms with E-state index in [0.717, 1.165) is 37.0 Å². The predicted octanol–water partition coefficient (Wildman–Crippen LogP) is 6.09. The molecule has 0 saturated heterocycles. The van der Waals surface area contributed by atoms with Gasteiger partial charge in [-0.1, -0.05) is 49.4 Å². The molecule has 0 radical (unpaired) electrons. The van der Waals surface area contributed by atoms with Crippen LogP contribution < -0.4 is 11.1 Å². The number of carbonyl (C=O) groups excluding carboxylic acids is 1. The van der Waals surface area contributed by atoms with Crippen molar-refractivity contribution in [1.82, 2.24) is 0 Å². The number of para-hydroxylation sites is 1. The number of nitrogens with one attached hydrogen (secondary N) is 1. The third-order valence-electron chi connectivity index (χ3n) is 10.9. The van der Waals surface area contributed by atoms with Crippen LogP contribution in [0.25, 0.3) is 0 Å². The zero-order valence-electron chi connectivity index (χ0n) is 20.7. The van der Waals surface area contributed by atoms with Gasteiger partial charge in [-0.2, -0.15) is 0 Å². The molecule has 0 amide bonds. The second-order valence-corrected chi connectivity index (χ2v) is 12.6. The summed E-state index contributed by atoms with van der Waals surface area (Å²) in [6.45, 7) is 7.97. The smallest absolute Gasteiger partial charge is 0.137 e. The number of aldehydes is 1. The molecule has 5 aliphatic rings. The molecule has 1 aromatic rings. The van der Waals surface area contributed by atoms with Gasteiger partial charge in [-0.05, 0) is 110 Å². The number of anilines is 1. The fourth-order valence-electron chi connectivity index (χ4n) is 9.54. The molecule has 0 unspecified atom stereocenters. The van der Waals surface area contributed by atoms with Gasteiger partial charge >= 0.3 is 0 Å². The molecule has 0 aromatic heterocycles. The maximum Gasteiger partial charge on any atom is 0.137 e. The van der Waals surface area contributed by atoms with Gasteiger partial charge in [0.25, 0.3) is 0 Å². The summed E-state index contributed by atoms with van der Waals surface area (Å²) < 4.78 is 0. The zero-order chi connectivity index (χ0) is 23.4. The molecule has 0 spiro atoms. The molecule has 182 valence electrons. The Kier molecular flexibility index (Phi) is 5.75. The van der Waals surface area contributed by atoms with Gasteiger partial charge in [-0.15, -0.1) is 0 Å². The summed E-state index contributed by atoms with van der Waals surface area (Å²) in [5.74, 6) is 5.98. The average molecular weight is 459 g/mol. The van der Waals surface area contributed by atoms with Gasteiger partial charge in [-0.25, -0.2) is 0 Å². The molecule has 11 atom stereocenters. The monoisotopic (exact) mass is 458 g/mol. The van der Waals surface area contributed by atoms with Gasteiger partial charge in [-0.3, -0.25) is 0 Å². The molecular formula is C31H42N2O. The minimum atomic E-state index is -0.325. The Morgan fingerprint density at radius 1 is 1.15 bits per heavy atom. The Morgan fingerprint density at radius 3 is 2.76 bits per heavy atom. The summed E-state index contributed by atoms with van der Waals surface area (Å²) in [5, 5.41) is 3.66. The van der Waals surface area contributed by atoms with Crippen LogP contribution in [0.3, 0.4) is 0 Å². The zero-order valence-corrected chi connectivity index (χ0v) is 20.7. The van der Waals surface area contributed by atoms with Crippen molar-refractivity contribution in [3.63, 3.8) is 0 Å². The standard InChI is InChI=1S/C31H42N2O/c1-19-12-26-20(2)8-11-28-30(27(26)13-19)31(28,29(32)18-34)24-10-9-22-14-21(15-23(22)16-24)17-33-25-6-4-3-5-7-25/h3-7,9-10,18-19,21-24,26-30,33H,2,8,11-17,32H2,1H3/t19-,21-,22-,23-,24+,26-,27+,28+,29-,30+,31-/m1/s1. The number of nitrogens with two attached hydrogens (primary N) is 1. The van der Waals surface area contributed by atoms with E-state index in [1.807, 2.05) is 0 Å². The van der Waals surface area contributed by atoms with Crippen molar-refractivity contribution in [3.8, 4) is 0 Å². The number of hydrogen-bond acceptors (Lipinski definition) is 3. The lowest BCUT2D eigenvalue weighted by molar-refractivity contribution is -0.111. The van der Waals surface area contributed by atoms with Crippen molar-refractivity contribution in [2.75, 3.05) is 11.9 Å². The second-order valence-electron chi connectivity index (χ2n) is 12.6. The number of benzene rings is 1. The highest BCUT2D eigenvalue weighted by Gasteiger charge is 2.73. The first-order valence-electron chi connectivity index (χ1n) is 13.9. The maximum absolute atomic E-state index is 12.2. The third kappa shape index (κ3) is 3.53. The first-order chi connectivity index (χ1) is 16.5. The first kappa shape index (κ1) is 22.6. The molecular weight excluding hydrogens is 416 g/mol. The lowest BCUT2D eigenvalue weighted by Crippen LogP contribution is -2.43. The van der Waals surface area contributed by atoms with Crippen LogP contribution in [0.5, 0.6) is 0 Å². The highest BCUT2D eigenvalue weighted by molar-refractivity contribution is 5.61. The van der Waals surface area contributed by atoms with E-state index >= 15 is 0 Å². The molecule has 6 rings (SSSR count). The Labute approximate surface area is 205 Å². The number of allylic oxidation sites excluding steroid dienone is 3. The van der Waals surface area contributed by atoms with Gasteiger partial charge < -0.3 is 15.8 Å². The topological polar surface area (TPSA) is 55.1 Å². The third-order valence-corrected chi connectivity index (χ3v) is 10.9. The molecule has 0 bridgehead atoms. The molecule has 3 N–H and O–H groups in total. The maximum atomic E-state index is 12.2. The van der Waals surface area contributed by atoms with Gasteiger partial charge in [0.15, 0.2) is 0 Å². The highest BCUT2D eigenvalue weighted by atomic mass is 16.1. The van der Waals surface area contributed by atoms with E-state index in [1.165, 1.54) is 49.8 Å². The van der Waals surface area contributed by atoms with Crippen LogP contribution in [0.2, 0.25) is 0 Å². The number of carbonyl (C=O) groups is 1. The fraction of sp³-hybridized carbons (Fsp3) is 0.645. The predicted molar refractivity (Wildman–Crippen MR) is 139 cm³/mol. The van der Waals surface area contributed by atoms with Gasteiger partial charge in [0.05, 0.1) is 6.04 Å². The molecule has 4 saturated carbocycles. The van der Waals surface area contributed by atoms with E-state index in [-0.39, 0.29) is 11.5 Å². The molecule has 5 aliphatic carbocycles. The molecule has 0 heterocycles. The van der Waals surface area contributed by atoms with E-state index in [2.05, 4.69) is 61.3 Å². The van der Waals surface area contributed by atoms with Crippen LogP contribution in [0, 0.1) is 58.7 Å². The van der Waals surface area contributed by atoms with Crippen LogP contribution in [0.15, 0.2) is 54.6 Å². The van der Waals surface area contributed by atoms with Crippen molar-refractivity contribution in [1.29, 1.82) is 0 Å². The van der Waals surface area contributed by atoms with Crippen molar-refractivity contribution >= 4 is 12.0 Å². The molecule has 0 aliphatic heterocycles. The highest BCUT2D eigenvalue weighted by Crippen LogP contribution is 2.75. The number of rotatable bonds is 6. The van der Waals surface area contributed by atoms with Gasteiger partial charge in [0, 0.05) is 17.6 Å². The molecule has 34 heavy (non-hydrogen) atoms. The second kappa shape index (κ2) is 8.66. The molecule has 4 fully saturated rings. The molecule has 1 aromatic carbocycles. The summed E-state index contributed by atoms with van der Waals surface area (Å²) in [7, 11) is 0. The fourth-order valence-corrected chi connectivity index (χ4v) is 9.54. The first-order valence-corrected chi connectivity index (χ1v) is 13.9. The van der Waals surface area contributed by atoms with Crippen LogP contribution >= 0.6 is 0 Å². The van der Waals surface area contributed by atoms with E-state index in [0.29, 0.717) is 35.5 Å². The number of hydrogen-bond donors (Lipinski definition) is 2.